The van der Waals surface area contributed by atoms with E-state index in [4.69, 9.17) is 0 Å². The summed E-state index contributed by atoms with van der Waals surface area (Å²) in [4.78, 5) is 18.4. The van der Waals surface area contributed by atoms with E-state index in [1.165, 1.54) is 23.1 Å². The second-order valence-corrected chi connectivity index (χ2v) is 6.92. The first kappa shape index (κ1) is 21.6. The summed E-state index contributed by atoms with van der Waals surface area (Å²) in [6.07, 6.45) is -9.28. The van der Waals surface area contributed by atoms with Crippen molar-refractivity contribution in [2.45, 2.75) is 31.9 Å². The van der Waals surface area contributed by atoms with Gasteiger partial charge in [0.1, 0.15) is 11.5 Å². The van der Waals surface area contributed by atoms with Crippen molar-refractivity contribution in [3.63, 3.8) is 0 Å². The first-order chi connectivity index (χ1) is 15.2. The molecule has 13 heteroatoms. The zero-order valence-corrected chi connectivity index (χ0v) is 16.5. The molecule has 0 aliphatic carbocycles. The van der Waals surface area contributed by atoms with Gasteiger partial charge in [0.15, 0.2) is 12.2 Å². The minimum atomic E-state index is -4.95. The Bertz CT molecular complexity index is 1130. The molecule has 4 rings (SSSR count). The summed E-state index contributed by atoms with van der Waals surface area (Å²) in [6, 6.07) is 6.94. The van der Waals surface area contributed by atoms with E-state index >= 15 is 0 Å². The van der Waals surface area contributed by atoms with Crippen molar-refractivity contribution in [1.82, 2.24) is 25.2 Å². The number of amides is 1. The molecule has 0 spiro atoms. The fourth-order valence-electron chi connectivity index (χ4n) is 3.14. The molecular formula is C19H16F4N6O3. The number of carbonyl (C=O) groups is 1. The van der Waals surface area contributed by atoms with Crippen molar-refractivity contribution in [2.75, 3.05) is 11.4 Å². The predicted octanol–water partition coefficient (Wildman–Crippen LogP) is 2.81. The number of alkyl halides is 3. The van der Waals surface area contributed by atoms with Gasteiger partial charge in [-0.25, -0.2) is 9.18 Å². The zero-order valence-electron chi connectivity index (χ0n) is 16.5. The van der Waals surface area contributed by atoms with Crippen molar-refractivity contribution in [3.05, 3.63) is 42.3 Å². The Morgan fingerprint density at radius 2 is 2.06 bits per heavy atom. The number of aryl methyl sites for hydroxylation is 1. The van der Waals surface area contributed by atoms with E-state index in [-0.39, 0.29) is 11.3 Å². The van der Waals surface area contributed by atoms with E-state index in [2.05, 4.69) is 25.1 Å². The molecule has 3 aromatic rings. The lowest BCUT2D eigenvalue weighted by molar-refractivity contribution is -0.224. The fraction of sp³-hybridized carbons (Fsp3) is 0.316. The van der Waals surface area contributed by atoms with Gasteiger partial charge in [0, 0.05) is 17.3 Å². The third-order valence-corrected chi connectivity index (χ3v) is 4.83. The van der Waals surface area contributed by atoms with Gasteiger partial charge in [-0.05, 0) is 36.4 Å². The molecule has 1 amide bonds. The van der Waals surface area contributed by atoms with Gasteiger partial charge in [-0.2, -0.15) is 18.0 Å². The van der Waals surface area contributed by atoms with Crippen LogP contribution in [0.25, 0.3) is 22.6 Å². The van der Waals surface area contributed by atoms with Crippen molar-refractivity contribution in [1.29, 1.82) is 0 Å². The summed E-state index contributed by atoms with van der Waals surface area (Å²) in [5.74, 6) is -0.405. The largest absolute Gasteiger partial charge is 0.441 e. The Labute approximate surface area is 178 Å². The van der Waals surface area contributed by atoms with Crippen LogP contribution in [0.1, 0.15) is 6.92 Å². The Balaban J connectivity index is 1.53. The number of pyridine rings is 1. The number of anilines is 1. The Kier molecular flexibility index (Phi) is 5.50. The van der Waals surface area contributed by atoms with Gasteiger partial charge < -0.3 is 9.84 Å². The molecular weight excluding hydrogens is 436 g/mol. The van der Waals surface area contributed by atoms with Crippen LogP contribution in [0, 0.1) is 5.82 Å². The number of aliphatic hydroxyl groups excluding tert-OH is 1. The average molecular weight is 452 g/mol. The third-order valence-electron chi connectivity index (χ3n) is 4.83. The zero-order chi connectivity index (χ0) is 23.0. The first-order valence-electron chi connectivity index (χ1n) is 9.44. The number of aromatic nitrogens is 5. The van der Waals surface area contributed by atoms with Crippen molar-refractivity contribution in [3.8, 4) is 22.6 Å². The van der Waals surface area contributed by atoms with Gasteiger partial charge in [-0.3, -0.25) is 9.88 Å². The molecule has 0 radical (unpaired) electrons. The molecule has 1 aromatic carbocycles. The first-order valence-corrected chi connectivity index (χ1v) is 9.44. The Morgan fingerprint density at radius 3 is 2.66 bits per heavy atom. The van der Waals surface area contributed by atoms with Crippen LogP contribution < -0.4 is 4.90 Å². The van der Waals surface area contributed by atoms with Crippen LogP contribution in [-0.2, 0) is 11.3 Å². The van der Waals surface area contributed by atoms with E-state index in [9.17, 15) is 27.5 Å². The normalized spacial score (nSPS) is 17.5. The molecule has 0 bridgehead atoms. The van der Waals surface area contributed by atoms with Crippen LogP contribution >= 0.6 is 0 Å². The number of aliphatic hydroxyl groups is 1. The SMILES string of the molecule is CCn1nnc(-c2ccc(-c3ccc(N4C[C@@H](C(O)C(F)(F)F)OC4=O)cc3F)cn2)n1. The molecule has 2 aromatic heterocycles. The minimum Gasteiger partial charge on any atom is -0.441 e. The number of benzene rings is 1. The molecule has 32 heavy (non-hydrogen) atoms. The van der Waals surface area contributed by atoms with E-state index in [0.29, 0.717) is 23.6 Å². The maximum Gasteiger partial charge on any atom is 0.418 e. The lowest BCUT2D eigenvalue weighted by Crippen LogP contribution is -2.42. The Morgan fingerprint density at radius 1 is 1.28 bits per heavy atom. The molecule has 1 unspecified atom stereocenters. The van der Waals surface area contributed by atoms with Gasteiger partial charge in [-0.1, -0.05) is 6.07 Å². The molecule has 168 valence electrons. The smallest absolute Gasteiger partial charge is 0.418 e. The summed E-state index contributed by atoms with van der Waals surface area (Å²) >= 11 is 0. The molecule has 1 saturated heterocycles. The molecule has 1 N–H and O–H groups in total. The van der Waals surface area contributed by atoms with Gasteiger partial charge in [0.25, 0.3) is 0 Å². The maximum absolute atomic E-state index is 14.8. The Hall–Kier alpha value is -3.61. The molecule has 1 aliphatic heterocycles. The molecule has 1 fully saturated rings. The summed E-state index contributed by atoms with van der Waals surface area (Å²) in [7, 11) is 0. The number of ether oxygens (including phenoxy) is 1. The topological polar surface area (TPSA) is 106 Å². The summed E-state index contributed by atoms with van der Waals surface area (Å²) < 4.78 is 57.4. The fourth-order valence-corrected chi connectivity index (χ4v) is 3.14. The lowest BCUT2D eigenvalue weighted by Gasteiger charge is -2.19. The number of cyclic esters (lactones) is 1. The van der Waals surface area contributed by atoms with Gasteiger partial charge in [0.2, 0.25) is 5.82 Å². The second kappa shape index (κ2) is 8.15. The van der Waals surface area contributed by atoms with Crippen LogP contribution in [0.4, 0.5) is 28.0 Å². The van der Waals surface area contributed by atoms with Gasteiger partial charge in [0.05, 0.1) is 18.8 Å². The number of nitrogens with zero attached hydrogens (tertiary/aromatic N) is 6. The number of rotatable bonds is 5. The van der Waals surface area contributed by atoms with Crippen LogP contribution in [0.2, 0.25) is 0 Å². The molecule has 9 nitrogen and oxygen atoms in total. The molecule has 1 aliphatic rings. The second-order valence-electron chi connectivity index (χ2n) is 6.92. The number of tetrazole rings is 1. The summed E-state index contributed by atoms with van der Waals surface area (Å²) in [6.45, 7) is 1.83. The standard InChI is InChI=1S/C19H16F4N6O3/c1-2-29-26-17(25-27-29)14-6-3-10(8-24-14)12-5-4-11(7-13(12)20)28-9-15(32-18(28)31)16(30)19(21,22)23/h3-8,15-16,30H,2,9H2,1H3/t15-,16?/m0/s1. The van der Waals surface area contributed by atoms with E-state index in [1.807, 2.05) is 6.92 Å². The minimum absolute atomic E-state index is 0.00177. The van der Waals surface area contributed by atoms with E-state index in [1.54, 1.807) is 12.1 Å². The van der Waals surface area contributed by atoms with E-state index < -0.39 is 36.8 Å². The summed E-state index contributed by atoms with van der Waals surface area (Å²) in [5, 5.41) is 21.2. The molecule has 0 saturated carbocycles. The van der Waals surface area contributed by atoms with Crippen LogP contribution in [0.5, 0.6) is 0 Å². The number of carbonyl (C=O) groups excluding carboxylic acids is 1. The van der Waals surface area contributed by atoms with Crippen molar-refractivity contribution < 1.29 is 32.2 Å². The highest BCUT2D eigenvalue weighted by Crippen LogP contribution is 2.32. The lowest BCUT2D eigenvalue weighted by atomic mass is 10.1. The molecule has 3 heterocycles. The number of hydrogen-bond donors (Lipinski definition) is 1. The highest BCUT2D eigenvalue weighted by atomic mass is 19.4. The number of halogens is 4. The van der Waals surface area contributed by atoms with Crippen LogP contribution in [-0.4, -0.2) is 61.3 Å². The highest BCUT2D eigenvalue weighted by Gasteiger charge is 2.49. The maximum atomic E-state index is 14.8. The van der Waals surface area contributed by atoms with Crippen molar-refractivity contribution in [2.24, 2.45) is 0 Å². The summed E-state index contributed by atoms with van der Waals surface area (Å²) in [5.41, 5.74) is 1.03. The van der Waals surface area contributed by atoms with Gasteiger partial charge >= 0.3 is 12.3 Å². The highest BCUT2D eigenvalue weighted by molar-refractivity contribution is 5.90. The van der Waals surface area contributed by atoms with E-state index in [0.717, 1.165) is 11.0 Å². The van der Waals surface area contributed by atoms with Crippen molar-refractivity contribution >= 4 is 11.8 Å². The average Bonchev–Trinajstić information content (AvgIpc) is 3.39. The third kappa shape index (κ3) is 4.10. The monoisotopic (exact) mass is 452 g/mol. The van der Waals surface area contributed by atoms with Gasteiger partial charge in [-0.15, -0.1) is 10.2 Å². The van der Waals surface area contributed by atoms with Crippen LogP contribution in [0.3, 0.4) is 0 Å². The molecule has 2 atom stereocenters. The quantitative estimate of drug-likeness (QED) is 0.594. The van der Waals surface area contributed by atoms with Crippen LogP contribution in [0.15, 0.2) is 36.5 Å². The predicted molar refractivity (Wildman–Crippen MR) is 102 cm³/mol. The number of hydrogen-bond acceptors (Lipinski definition) is 7.